The molecule has 0 spiro atoms. The van der Waals surface area contributed by atoms with Crippen molar-refractivity contribution in [3.05, 3.63) is 0 Å². The van der Waals surface area contributed by atoms with Crippen LogP contribution in [0.1, 0.15) is 38.5 Å². The van der Waals surface area contributed by atoms with Crippen LogP contribution in [0.3, 0.4) is 0 Å². The zero-order valence-corrected chi connectivity index (χ0v) is 15.3. The molecule has 27 heavy (non-hydrogen) atoms. The number of likely N-dealkylation sites (tertiary alicyclic amines) is 2. The molecule has 0 aromatic carbocycles. The predicted octanol–water partition coefficient (Wildman–Crippen LogP) is 1.49. The lowest BCUT2D eigenvalue weighted by molar-refractivity contribution is -0.137. The van der Waals surface area contributed by atoms with E-state index in [1.54, 1.807) is 10.2 Å². The van der Waals surface area contributed by atoms with Crippen LogP contribution in [0.5, 0.6) is 0 Å². The normalized spacial score (nSPS) is 20.0. The summed E-state index contributed by atoms with van der Waals surface area (Å²) in [7, 11) is 0. The third-order valence-electron chi connectivity index (χ3n) is 4.92. The van der Waals surface area contributed by atoms with Crippen molar-refractivity contribution in [2.75, 3.05) is 39.3 Å². The Bertz CT molecular complexity index is 526. The minimum Gasteiger partial charge on any atom is -0.342 e. The maximum atomic E-state index is 12.6. The van der Waals surface area contributed by atoms with Crippen molar-refractivity contribution in [1.82, 2.24) is 20.4 Å². The maximum Gasteiger partial charge on any atom is 0.405 e. The molecule has 2 aliphatic heterocycles. The molecule has 0 radical (unpaired) electrons. The van der Waals surface area contributed by atoms with Gasteiger partial charge in [0.1, 0.15) is 6.54 Å². The molecule has 0 aromatic rings. The minimum atomic E-state index is -4.53. The first kappa shape index (κ1) is 21.5. The number of hydrogen-bond acceptors (Lipinski definition) is 4. The van der Waals surface area contributed by atoms with Crippen LogP contribution in [0.2, 0.25) is 0 Å². The van der Waals surface area contributed by atoms with Gasteiger partial charge < -0.3 is 10.2 Å². The number of nitrogens with zero attached hydrogens (tertiary/aromatic N) is 2. The van der Waals surface area contributed by atoms with Crippen molar-refractivity contribution in [2.24, 2.45) is 5.92 Å². The second-order valence-corrected chi connectivity index (χ2v) is 7.14. The van der Waals surface area contributed by atoms with Gasteiger partial charge >= 0.3 is 12.2 Å². The Kier molecular flexibility index (Phi) is 7.88. The second kappa shape index (κ2) is 9.91. The van der Waals surface area contributed by atoms with Gasteiger partial charge in [-0.1, -0.05) is 12.8 Å². The number of nitrogens with one attached hydrogen (secondary N) is 2. The summed E-state index contributed by atoms with van der Waals surface area (Å²) < 4.78 is 36.1. The lowest BCUT2D eigenvalue weighted by Gasteiger charge is -2.33. The standard InChI is InChI=1S/C17H27F3N4O3/c18-17(19,20)12-21-16(27)22-14(25)11-23-9-5-13(6-10-23)15(26)24-7-3-1-2-4-8-24/h13H,1-12H2,(H2,21,22,25,27). The van der Waals surface area contributed by atoms with Gasteiger partial charge in [0, 0.05) is 19.0 Å². The van der Waals surface area contributed by atoms with Gasteiger partial charge in [-0.25, -0.2) is 4.79 Å². The van der Waals surface area contributed by atoms with Gasteiger partial charge in [0.15, 0.2) is 0 Å². The summed E-state index contributed by atoms with van der Waals surface area (Å²) in [6.07, 6.45) is 1.16. The summed E-state index contributed by atoms with van der Waals surface area (Å²) in [5.74, 6) is -0.517. The molecule has 154 valence electrons. The SMILES string of the molecule is O=C(CN1CCC(C(=O)N2CCCCCC2)CC1)NC(=O)NCC(F)(F)F. The molecule has 2 fully saturated rings. The minimum absolute atomic E-state index is 0.0440. The summed E-state index contributed by atoms with van der Waals surface area (Å²) in [5, 5.41) is 3.48. The van der Waals surface area contributed by atoms with Crippen LogP contribution in [0.15, 0.2) is 0 Å². The first-order chi connectivity index (χ1) is 12.7. The van der Waals surface area contributed by atoms with Crippen molar-refractivity contribution in [3.8, 4) is 0 Å². The third-order valence-corrected chi connectivity index (χ3v) is 4.92. The van der Waals surface area contributed by atoms with Crippen LogP contribution >= 0.6 is 0 Å². The van der Waals surface area contributed by atoms with E-state index in [1.165, 1.54) is 0 Å². The van der Waals surface area contributed by atoms with E-state index in [1.807, 2.05) is 10.2 Å². The first-order valence-corrected chi connectivity index (χ1v) is 9.40. The Morgan fingerprint density at radius 2 is 1.52 bits per heavy atom. The van der Waals surface area contributed by atoms with E-state index in [-0.39, 0.29) is 18.4 Å². The van der Waals surface area contributed by atoms with Gasteiger partial charge in [-0.15, -0.1) is 0 Å². The largest absolute Gasteiger partial charge is 0.405 e. The lowest BCUT2D eigenvalue weighted by atomic mass is 9.95. The van der Waals surface area contributed by atoms with Crippen molar-refractivity contribution in [3.63, 3.8) is 0 Å². The number of amides is 4. The molecule has 2 rings (SSSR count). The third kappa shape index (κ3) is 7.74. The molecule has 10 heteroatoms. The molecule has 2 aliphatic rings. The van der Waals surface area contributed by atoms with Crippen LogP contribution < -0.4 is 10.6 Å². The highest BCUT2D eigenvalue weighted by atomic mass is 19.4. The molecule has 0 saturated carbocycles. The zero-order valence-electron chi connectivity index (χ0n) is 15.3. The smallest absolute Gasteiger partial charge is 0.342 e. The highest BCUT2D eigenvalue weighted by molar-refractivity contribution is 5.95. The molecule has 2 saturated heterocycles. The monoisotopic (exact) mass is 392 g/mol. The van der Waals surface area contributed by atoms with Crippen molar-refractivity contribution < 1.29 is 27.6 Å². The number of carbonyl (C=O) groups excluding carboxylic acids is 3. The number of urea groups is 1. The van der Waals surface area contributed by atoms with E-state index < -0.39 is 24.7 Å². The topological polar surface area (TPSA) is 81.8 Å². The fourth-order valence-electron chi connectivity index (χ4n) is 3.48. The van der Waals surface area contributed by atoms with Gasteiger partial charge in [0.25, 0.3) is 0 Å². The van der Waals surface area contributed by atoms with E-state index >= 15 is 0 Å². The summed E-state index contributed by atoms with van der Waals surface area (Å²) in [6, 6.07) is -1.16. The molecule has 7 nitrogen and oxygen atoms in total. The Balaban J connectivity index is 1.68. The van der Waals surface area contributed by atoms with E-state index in [4.69, 9.17) is 0 Å². The van der Waals surface area contributed by atoms with Gasteiger partial charge in [0.05, 0.1) is 6.54 Å². The van der Waals surface area contributed by atoms with Gasteiger partial charge in [0.2, 0.25) is 11.8 Å². The Morgan fingerprint density at radius 3 is 2.07 bits per heavy atom. The van der Waals surface area contributed by atoms with Crippen molar-refractivity contribution >= 4 is 17.8 Å². The maximum absolute atomic E-state index is 12.6. The molecule has 4 amide bonds. The highest BCUT2D eigenvalue weighted by Crippen LogP contribution is 2.21. The molecule has 0 aliphatic carbocycles. The number of carbonyl (C=O) groups is 3. The Hall–Kier alpha value is -1.84. The van der Waals surface area contributed by atoms with Crippen molar-refractivity contribution in [1.29, 1.82) is 0 Å². The molecule has 0 unspecified atom stereocenters. The molecular weight excluding hydrogens is 365 g/mol. The summed E-state index contributed by atoms with van der Waals surface area (Å²) in [6.45, 7) is 1.15. The fourth-order valence-corrected chi connectivity index (χ4v) is 3.48. The number of alkyl halides is 3. The number of rotatable bonds is 4. The van der Waals surface area contributed by atoms with Crippen LogP contribution in [0.4, 0.5) is 18.0 Å². The predicted molar refractivity (Wildman–Crippen MR) is 91.8 cm³/mol. The summed E-state index contributed by atoms with van der Waals surface area (Å²) >= 11 is 0. The van der Waals surface area contributed by atoms with Gasteiger partial charge in [-0.05, 0) is 38.8 Å². The molecule has 0 atom stereocenters. The number of imide groups is 1. The molecule has 0 aromatic heterocycles. The summed E-state index contributed by atoms with van der Waals surface area (Å²) in [4.78, 5) is 39.4. The average molecular weight is 392 g/mol. The van der Waals surface area contributed by atoms with E-state index in [2.05, 4.69) is 0 Å². The van der Waals surface area contributed by atoms with E-state index in [0.29, 0.717) is 25.9 Å². The average Bonchev–Trinajstić information content (AvgIpc) is 2.89. The quantitative estimate of drug-likeness (QED) is 0.760. The van der Waals surface area contributed by atoms with E-state index in [9.17, 15) is 27.6 Å². The summed E-state index contributed by atoms with van der Waals surface area (Å²) in [5.41, 5.74) is 0. The number of halogens is 3. The number of hydrogen-bond donors (Lipinski definition) is 2. The van der Waals surface area contributed by atoms with Crippen LogP contribution in [-0.4, -0.2) is 73.1 Å². The first-order valence-electron chi connectivity index (χ1n) is 9.40. The molecule has 0 bridgehead atoms. The second-order valence-electron chi connectivity index (χ2n) is 7.14. The Labute approximate surface area is 156 Å². The zero-order chi connectivity index (χ0) is 19.9. The van der Waals surface area contributed by atoms with Crippen LogP contribution in [0, 0.1) is 5.92 Å². The molecular formula is C17H27F3N4O3. The highest BCUT2D eigenvalue weighted by Gasteiger charge is 2.30. The lowest BCUT2D eigenvalue weighted by Crippen LogP contribution is -2.49. The Morgan fingerprint density at radius 1 is 0.926 bits per heavy atom. The van der Waals surface area contributed by atoms with Crippen molar-refractivity contribution in [2.45, 2.75) is 44.7 Å². The van der Waals surface area contributed by atoms with Crippen LogP contribution in [-0.2, 0) is 9.59 Å². The van der Waals surface area contributed by atoms with Gasteiger partial charge in [-0.3, -0.25) is 19.8 Å². The molecule has 2 N–H and O–H groups in total. The molecule has 2 heterocycles. The van der Waals surface area contributed by atoms with E-state index in [0.717, 1.165) is 38.8 Å². The van der Waals surface area contributed by atoms with Crippen LogP contribution in [0.25, 0.3) is 0 Å². The fraction of sp³-hybridized carbons (Fsp3) is 0.824. The van der Waals surface area contributed by atoms with Gasteiger partial charge in [-0.2, -0.15) is 13.2 Å². The number of piperidine rings is 1.